The van der Waals surface area contributed by atoms with Gasteiger partial charge in [-0.3, -0.25) is 0 Å². The number of rotatable bonds is 1. The summed E-state index contributed by atoms with van der Waals surface area (Å²) in [5.41, 5.74) is 0. The molecule has 0 aromatic rings. The van der Waals surface area contributed by atoms with Crippen LogP contribution in [0.5, 0.6) is 0 Å². The Balaban J connectivity index is 0.000000810. The van der Waals surface area contributed by atoms with Crippen molar-refractivity contribution in [1.29, 1.82) is 0 Å². The fourth-order valence-corrected chi connectivity index (χ4v) is 1.02. The van der Waals surface area contributed by atoms with Crippen LogP contribution in [0.3, 0.4) is 0 Å². The summed E-state index contributed by atoms with van der Waals surface area (Å²) in [5, 5.41) is 3.14. The van der Waals surface area contributed by atoms with E-state index < -0.39 is 0 Å². The van der Waals surface area contributed by atoms with E-state index in [4.69, 9.17) is 29.6 Å². The van der Waals surface area contributed by atoms with Crippen molar-refractivity contribution < 1.29 is 34.3 Å². The number of nitrogens with one attached hydrogen (secondary N) is 1. The maximum Gasteiger partial charge on any atom is 1.00 e. The predicted molar refractivity (Wildman–Crippen MR) is 42.6 cm³/mol. The van der Waals surface area contributed by atoms with E-state index in [9.17, 15) is 0 Å². The van der Waals surface area contributed by atoms with Gasteiger partial charge in [-0.1, -0.05) is 0 Å². The van der Waals surface area contributed by atoms with Crippen molar-refractivity contribution in [3.63, 3.8) is 0 Å². The Morgan fingerprint density at radius 2 is 2.40 bits per heavy atom. The maximum absolute atomic E-state index is 5.23. The van der Waals surface area contributed by atoms with Crippen LogP contribution in [0.1, 0.15) is 0 Å². The summed E-state index contributed by atoms with van der Waals surface area (Å²) >= 11 is 9.53. The molecule has 1 aliphatic heterocycles. The molecule has 1 heterocycles. The molecule has 0 aromatic heterocycles. The Morgan fingerprint density at radius 3 is 2.70 bits per heavy atom. The summed E-state index contributed by atoms with van der Waals surface area (Å²) in [5.74, 6) is 0. The van der Waals surface area contributed by atoms with Crippen molar-refractivity contribution in [2.75, 3.05) is 19.7 Å². The van der Waals surface area contributed by atoms with Gasteiger partial charge in [-0.25, -0.2) is 0 Å². The maximum atomic E-state index is 5.23. The van der Waals surface area contributed by atoms with Gasteiger partial charge in [0.05, 0.1) is 12.7 Å². The fourth-order valence-electron chi connectivity index (χ4n) is 0.717. The van der Waals surface area contributed by atoms with Crippen LogP contribution in [0.2, 0.25) is 0 Å². The summed E-state index contributed by atoms with van der Waals surface area (Å²) in [6, 6.07) is 0. The first-order chi connectivity index (χ1) is 4.30. The second-order valence-corrected chi connectivity index (χ2v) is 3.02. The van der Waals surface area contributed by atoms with Crippen molar-refractivity contribution in [2.24, 2.45) is 0 Å². The third-order valence-electron chi connectivity index (χ3n) is 1.19. The van der Waals surface area contributed by atoms with Gasteiger partial charge in [0.25, 0.3) is 0 Å². The van der Waals surface area contributed by atoms with E-state index in [0.29, 0.717) is 4.20 Å². The topological polar surface area (TPSA) is 21.3 Å². The average molecular weight is 185 g/mol. The Hall–Kier alpha value is 1.23. The molecule has 1 aliphatic rings. The van der Waals surface area contributed by atoms with Gasteiger partial charge >= 0.3 is 29.6 Å². The molecule has 1 rings (SSSR count). The number of hydrogen-bond acceptors (Lipinski definition) is 4. The SMILES string of the molecule is S=C([S-])C1CNCCO1.[Na+]. The van der Waals surface area contributed by atoms with Crippen molar-refractivity contribution in [2.45, 2.75) is 6.10 Å². The molecule has 5 heteroatoms. The Bertz CT molecular complexity index is 116. The zero-order valence-corrected chi connectivity index (χ0v) is 9.56. The van der Waals surface area contributed by atoms with Gasteiger partial charge < -0.3 is 34.9 Å². The predicted octanol–water partition coefficient (Wildman–Crippen LogP) is -3.15. The molecular weight excluding hydrogens is 177 g/mol. The first kappa shape index (κ1) is 11.2. The molecule has 2 nitrogen and oxygen atoms in total. The van der Waals surface area contributed by atoms with Crippen LogP contribution in [-0.2, 0) is 17.4 Å². The average Bonchev–Trinajstić information content (AvgIpc) is 1.90. The van der Waals surface area contributed by atoms with E-state index in [-0.39, 0.29) is 35.7 Å². The van der Waals surface area contributed by atoms with Gasteiger partial charge in [0, 0.05) is 13.1 Å². The standard InChI is InChI=1S/C5H9NOS2.Na/c8-5(9)4-3-6-1-2-7-4;/h4,6H,1-3H2,(H,8,9);/q;+1/p-1. The van der Waals surface area contributed by atoms with Crippen molar-refractivity contribution in [3.8, 4) is 0 Å². The van der Waals surface area contributed by atoms with E-state index in [0.717, 1.165) is 19.7 Å². The van der Waals surface area contributed by atoms with Crippen LogP contribution >= 0.6 is 12.2 Å². The quantitative estimate of drug-likeness (QED) is 0.264. The molecule has 1 saturated heterocycles. The number of hydrogen-bond donors (Lipinski definition) is 1. The van der Waals surface area contributed by atoms with Gasteiger partial charge in [-0.15, -0.1) is 4.20 Å². The number of morpholine rings is 1. The van der Waals surface area contributed by atoms with Crippen LogP contribution in [0.4, 0.5) is 0 Å². The van der Waals surface area contributed by atoms with Gasteiger partial charge in [0.15, 0.2) is 0 Å². The molecule has 0 spiro atoms. The second kappa shape index (κ2) is 5.83. The molecule has 0 bridgehead atoms. The molecule has 1 atom stereocenters. The van der Waals surface area contributed by atoms with Crippen molar-refractivity contribution >= 4 is 29.0 Å². The van der Waals surface area contributed by atoms with Crippen LogP contribution in [0.15, 0.2) is 0 Å². The molecule has 0 saturated carbocycles. The van der Waals surface area contributed by atoms with Crippen molar-refractivity contribution in [1.82, 2.24) is 5.32 Å². The zero-order valence-electron chi connectivity index (χ0n) is 5.92. The summed E-state index contributed by atoms with van der Waals surface area (Å²) < 4.78 is 5.76. The zero-order chi connectivity index (χ0) is 6.69. The third kappa shape index (κ3) is 3.57. The van der Waals surface area contributed by atoms with E-state index >= 15 is 0 Å². The van der Waals surface area contributed by atoms with Crippen LogP contribution < -0.4 is 34.9 Å². The van der Waals surface area contributed by atoms with Gasteiger partial charge in [-0.2, -0.15) is 0 Å². The molecule has 1 unspecified atom stereocenters. The van der Waals surface area contributed by atoms with Gasteiger partial charge in [0.2, 0.25) is 0 Å². The molecule has 10 heavy (non-hydrogen) atoms. The first-order valence-electron chi connectivity index (χ1n) is 2.84. The minimum Gasteiger partial charge on any atom is -0.430 e. The molecule has 0 amide bonds. The van der Waals surface area contributed by atoms with E-state index in [1.807, 2.05) is 0 Å². The van der Waals surface area contributed by atoms with Crippen LogP contribution in [-0.4, -0.2) is 30.0 Å². The third-order valence-corrected chi connectivity index (χ3v) is 1.72. The molecule has 1 fully saturated rings. The fraction of sp³-hybridized carbons (Fsp3) is 0.800. The minimum atomic E-state index is -0.0104. The van der Waals surface area contributed by atoms with E-state index in [1.165, 1.54) is 0 Å². The molecule has 0 radical (unpaired) electrons. The summed E-state index contributed by atoms with van der Waals surface area (Å²) in [4.78, 5) is 0. The van der Waals surface area contributed by atoms with Crippen LogP contribution in [0, 0.1) is 0 Å². The number of thiocarbonyl (C=S) groups is 1. The summed E-state index contributed by atoms with van der Waals surface area (Å²) in [6.07, 6.45) is -0.0104. The van der Waals surface area contributed by atoms with E-state index in [2.05, 4.69) is 5.32 Å². The van der Waals surface area contributed by atoms with Crippen molar-refractivity contribution in [3.05, 3.63) is 0 Å². The Kier molecular flexibility index (Phi) is 6.54. The molecule has 52 valence electrons. The van der Waals surface area contributed by atoms with E-state index in [1.54, 1.807) is 0 Å². The molecular formula is C5H8NNaOS2. The number of ether oxygens (including phenoxy) is 1. The molecule has 0 aromatic carbocycles. The second-order valence-electron chi connectivity index (χ2n) is 1.88. The first-order valence-corrected chi connectivity index (χ1v) is 3.65. The van der Waals surface area contributed by atoms with Gasteiger partial charge in [0.1, 0.15) is 0 Å². The monoisotopic (exact) mass is 185 g/mol. The largest absolute Gasteiger partial charge is 1.00 e. The summed E-state index contributed by atoms with van der Waals surface area (Å²) in [6.45, 7) is 2.41. The molecule has 0 aliphatic carbocycles. The Labute approximate surface area is 93.8 Å². The minimum absolute atomic E-state index is 0. The van der Waals surface area contributed by atoms with Crippen LogP contribution in [0.25, 0.3) is 0 Å². The molecule has 1 N–H and O–H groups in total. The Morgan fingerprint density at radius 1 is 1.70 bits per heavy atom. The summed E-state index contributed by atoms with van der Waals surface area (Å²) in [7, 11) is 0. The van der Waals surface area contributed by atoms with Gasteiger partial charge in [-0.05, 0) is 0 Å². The normalized spacial score (nSPS) is 25.0. The smallest absolute Gasteiger partial charge is 0.430 e.